The molecule has 4 rings (SSSR count). The number of hydrogen-bond donors (Lipinski definition) is 0. The molecule has 0 amide bonds. The lowest BCUT2D eigenvalue weighted by Crippen LogP contribution is -2.40. The van der Waals surface area contributed by atoms with Crippen molar-refractivity contribution < 1.29 is 0 Å². The highest BCUT2D eigenvalue weighted by atomic mass is 32.1. The highest BCUT2D eigenvalue weighted by Crippen LogP contribution is 2.26. The molecule has 1 aliphatic rings. The van der Waals surface area contributed by atoms with Crippen molar-refractivity contribution in [2.75, 3.05) is 0 Å². The first-order valence-electron chi connectivity index (χ1n) is 9.46. The number of fused-ring (bicyclic) bond motifs is 1. The van der Waals surface area contributed by atoms with Crippen molar-refractivity contribution in [1.29, 1.82) is 0 Å². The van der Waals surface area contributed by atoms with Crippen molar-refractivity contribution >= 4 is 27.3 Å². The van der Waals surface area contributed by atoms with E-state index in [1.54, 1.807) is 11.3 Å². The topological polar surface area (TPSA) is 28.5 Å². The van der Waals surface area contributed by atoms with Gasteiger partial charge in [-0.25, -0.2) is 4.98 Å². The van der Waals surface area contributed by atoms with E-state index in [1.165, 1.54) is 29.5 Å². The first-order chi connectivity index (χ1) is 12.7. The Kier molecular flexibility index (Phi) is 5.02. The zero-order valence-corrected chi connectivity index (χ0v) is 16.2. The summed E-state index contributed by atoms with van der Waals surface area (Å²) < 4.78 is 1.25. The van der Waals surface area contributed by atoms with Gasteiger partial charge in [-0.3, -0.25) is 5.01 Å². The summed E-state index contributed by atoms with van der Waals surface area (Å²) in [5.74, 6) is 0. The fourth-order valence-corrected chi connectivity index (χ4v) is 4.68. The van der Waals surface area contributed by atoms with Crippen LogP contribution in [0.15, 0.2) is 59.7 Å². The van der Waals surface area contributed by atoms with Crippen LogP contribution >= 0.6 is 11.3 Å². The summed E-state index contributed by atoms with van der Waals surface area (Å²) >= 11 is 1.77. The van der Waals surface area contributed by atoms with Crippen LogP contribution in [0.2, 0.25) is 0 Å². The summed E-state index contributed by atoms with van der Waals surface area (Å²) in [6.45, 7) is 4.58. The smallest absolute Gasteiger partial charge is 0.0999 e. The third kappa shape index (κ3) is 3.65. The predicted molar refractivity (Wildman–Crippen MR) is 111 cm³/mol. The van der Waals surface area contributed by atoms with Crippen molar-refractivity contribution in [2.45, 2.75) is 51.6 Å². The average Bonchev–Trinajstić information content (AvgIpc) is 3.07. The Morgan fingerprint density at radius 3 is 2.46 bits per heavy atom. The molecular formula is C22H25N3S. The lowest BCUT2D eigenvalue weighted by molar-refractivity contribution is 0.108. The van der Waals surface area contributed by atoms with Crippen molar-refractivity contribution in [3.05, 3.63) is 65.2 Å². The fraction of sp³-hybridized carbons (Fsp3) is 0.364. The maximum Gasteiger partial charge on any atom is 0.0999 e. The first-order valence-corrected chi connectivity index (χ1v) is 10.3. The number of hydrogen-bond acceptors (Lipinski definition) is 4. The number of hydrazone groups is 1. The SMILES string of the molecule is CC1CCCC(C)N1N=C(Cc1nc2ccccc2s1)c1ccccc1. The molecular weight excluding hydrogens is 338 g/mol. The van der Waals surface area contributed by atoms with Crippen molar-refractivity contribution in [2.24, 2.45) is 5.10 Å². The Morgan fingerprint density at radius 1 is 1.04 bits per heavy atom. The average molecular weight is 364 g/mol. The normalized spacial score (nSPS) is 21.3. The van der Waals surface area contributed by atoms with E-state index >= 15 is 0 Å². The number of benzene rings is 2. The van der Waals surface area contributed by atoms with Gasteiger partial charge in [0.1, 0.15) is 0 Å². The highest BCUT2D eigenvalue weighted by molar-refractivity contribution is 7.18. The second-order valence-corrected chi connectivity index (χ2v) is 8.29. The van der Waals surface area contributed by atoms with Crippen LogP contribution in [-0.4, -0.2) is 27.8 Å². The Labute approximate surface area is 159 Å². The van der Waals surface area contributed by atoms with Crippen molar-refractivity contribution in [3.63, 3.8) is 0 Å². The third-order valence-corrected chi connectivity index (χ3v) is 6.18. The van der Waals surface area contributed by atoms with E-state index in [-0.39, 0.29) is 0 Å². The van der Waals surface area contributed by atoms with Gasteiger partial charge < -0.3 is 0 Å². The van der Waals surface area contributed by atoms with Crippen molar-refractivity contribution in [3.8, 4) is 0 Å². The Bertz CT molecular complexity index is 857. The minimum absolute atomic E-state index is 0.493. The molecule has 134 valence electrons. The van der Waals surface area contributed by atoms with Crippen LogP contribution in [-0.2, 0) is 6.42 Å². The molecule has 0 spiro atoms. The zero-order chi connectivity index (χ0) is 17.9. The van der Waals surface area contributed by atoms with E-state index < -0.39 is 0 Å². The van der Waals surface area contributed by atoms with Gasteiger partial charge >= 0.3 is 0 Å². The largest absolute Gasteiger partial charge is 0.291 e. The van der Waals surface area contributed by atoms with Crippen LogP contribution in [0.25, 0.3) is 10.2 Å². The summed E-state index contributed by atoms with van der Waals surface area (Å²) in [5.41, 5.74) is 3.39. The van der Waals surface area contributed by atoms with E-state index in [4.69, 9.17) is 10.1 Å². The zero-order valence-electron chi connectivity index (χ0n) is 15.4. The second-order valence-electron chi connectivity index (χ2n) is 7.17. The summed E-state index contributed by atoms with van der Waals surface area (Å²) in [5, 5.41) is 8.60. The van der Waals surface area contributed by atoms with Gasteiger partial charge in [-0.2, -0.15) is 5.10 Å². The summed E-state index contributed by atoms with van der Waals surface area (Å²) in [4.78, 5) is 4.83. The molecule has 1 fully saturated rings. The van der Waals surface area contributed by atoms with Gasteiger partial charge in [-0.1, -0.05) is 42.5 Å². The number of piperidine rings is 1. The molecule has 1 aliphatic heterocycles. The minimum atomic E-state index is 0.493. The van der Waals surface area contributed by atoms with Crippen molar-refractivity contribution in [1.82, 2.24) is 9.99 Å². The van der Waals surface area contributed by atoms with Crippen LogP contribution in [0, 0.1) is 0 Å². The Balaban J connectivity index is 1.70. The van der Waals surface area contributed by atoms with Gasteiger partial charge in [0.15, 0.2) is 0 Å². The van der Waals surface area contributed by atoms with Crippen LogP contribution in [0.3, 0.4) is 0 Å². The van der Waals surface area contributed by atoms with Gasteiger partial charge in [0.25, 0.3) is 0 Å². The summed E-state index contributed by atoms with van der Waals surface area (Å²) in [6, 6.07) is 19.9. The van der Waals surface area contributed by atoms with Crippen LogP contribution < -0.4 is 0 Å². The molecule has 26 heavy (non-hydrogen) atoms. The molecule has 1 saturated heterocycles. The number of rotatable bonds is 4. The molecule has 0 radical (unpaired) electrons. The predicted octanol–water partition coefficient (Wildman–Crippen LogP) is 5.51. The first kappa shape index (κ1) is 17.2. The molecule has 2 aromatic carbocycles. The number of aromatic nitrogens is 1. The maximum atomic E-state index is 5.15. The van der Waals surface area contributed by atoms with E-state index in [1.807, 2.05) is 0 Å². The highest BCUT2D eigenvalue weighted by Gasteiger charge is 2.24. The molecule has 0 aliphatic carbocycles. The molecule has 0 saturated carbocycles. The van der Waals surface area contributed by atoms with E-state index in [9.17, 15) is 0 Å². The molecule has 3 aromatic rings. The molecule has 2 unspecified atom stereocenters. The maximum absolute atomic E-state index is 5.15. The van der Waals surface area contributed by atoms with Gasteiger partial charge in [0.2, 0.25) is 0 Å². The quantitative estimate of drug-likeness (QED) is 0.572. The van der Waals surface area contributed by atoms with Crippen LogP contribution in [0.4, 0.5) is 0 Å². The number of para-hydroxylation sites is 1. The number of thiazole rings is 1. The van der Waals surface area contributed by atoms with Gasteiger partial charge in [-0.05, 0) is 50.8 Å². The van der Waals surface area contributed by atoms with Gasteiger partial charge in [0, 0.05) is 18.5 Å². The summed E-state index contributed by atoms with van der Waals surface area (Å²) in [6.07, 6.45) is 4.51. The lowest BCUT2D eigenvalue weighted by Gasteiger charge is -2.37. The monoisotopic (exact) mass is 363 g/mol. The van der Waals surface area contributed by atoms with E-state index in [2.05, 4.69) is 73.5 Å². The molecule has 1 aromatic heterocycles. The van der Waals surface area contributed by atoms with E-state index in [0.717, 1.165) is 22.7 Å². The van der Waals surface area contributed by atoms with Gasteiger partial charge in [-0.15, -0.1) is 11.3 Å². The summed E-state index contributed by atoms with van der Waals surface area (Å²) in [7, 11) is 0. The molecule has 0 N–H and O–H groups in total. The molecule has 2 atom stereocenters. The second kappa shape index (κ2) is 7.58. The molecule has 2 heterocycles. The third-order valence-electron chi connectivity index (χ3n) is 5.15. The molecule has 0 bridgehead atoms. The van der Waals surface area contributed by atoms with E-state index in [0.29, 0.717) is 12.1 Å². The molecule has 3 nitrogen and oxygen atoms in total. The minimum Gasteiger partial charge on any atom is -0.291 e. The lowest BCUT2D eigenvalue weighted by atomic mass is 10.00. The Hall–Kier alpha value is -2.20. The van der Waals surface area contributed by atoms with Gasteiger partial charge in [0.05, 0.1) is 20.9 Å². The molecule has 4 heteroatoms. The van der Waals surface area contributed by atoms with Crippen LogP contribution in [0.5, 0.6) is 0 Å². The van der Waals surface area contributed by atoms with Crippen LogP contribution in [0.1, 0.15) is 43.7 Å². The fourth-order valence-electron chi connectivity index (χ4n) is 3.71. The standard InChI is InChI=1S/C22H25N3S/c1-16-9-8-10-17(2)25(16)24-20(18-11-4-3-5-12-18)15-22-23-19-13-6-7-14-21(19)26-22/h3-7,11-14,16-17H,8-10,15H2,1-2H3. The number of nitrogens with zero attached hydrogens (tertiary/aromatic N) is 3. The Morgan fingerprint density at radius 2 is 1.73 bits per heavy atom.